The van der Waals surface area contributed by atoms with Crippen LogP contribution in [0.4, 0.5) is 5.69 Å². The first-order chi connectivity index (χ1) is 9.10. The topological polar surface area (TPSA) is 53.6 Å². The molecule has 0 radical (unpaired) electrons. The Balaban J connectivity index is 2.61. The standard InChI is InChI=1S/C13H19N3O2S/c1-4-16(13(19)14-2)9-12(17)15-10-6-5-7-11(8-10)18-3/h5-8H,4,9H2,1-3H3,(H,14,19)(H,15,17). The summed E-state index contributed by atoms with van der Waals surface area (Å²) in [6.07, 6.45) is 0. The number of carbonyl (C=O) groups is 1. The highest BCUT2D eigenvalue weighted by molar-refractivity contribution is 7.80. The third kappa shape index (κ3) is 4.75. The van der Waals surface area contributed by atoms with Crippen molar-refractivity contribution in [2.24, 2.45) is 0 Å². The Labute approximate surface area is 118 Å². The molecule has 0 saturated carbocycles. The van der Waals surface area contributed by atoms with Crippen molar-refractivity contribution >= 4 is 28.9 Å². The molecular weight excluding hydrogens is 262 g/mol. The Morgan fingerprint density at radius 2 is 2.21 bits per heavy atom. The van der Waals surface area contributed by atoms with Gasteiger partial charge in [-0.05, 0) is 31.3 Å². The Kier molecular flexibility index (Phi) is 6.08. The largest absolute Gasteiger partial charge is 0.497 e. The van der Waals surface area contributed by atoms with Gasteiger partial charge in [0.1, 0.15) is 5.75 Å². The van der Waals surface area contributed by atoms with Gasteiger partial charge < -0.3 is 20.3 Å². The van der Waals surface area contributed by atoms with Crippen LogP contribution in [-0.2, 0) is 4.79 Å². The van der Waals surface area contributed by atoms with Gasteiger partial charge in [-0.25, -0.2) is 0 Å². The van der Waals surface area contributed by atoms with E-state index in [1.54, 1.807) is 25.1 Å². The molecule has 2 N–H and O–H groups in total. The van der Waals surface area contributed by atoms with Crippen LogP contribution in [0.2, 0.25) is 0 Å². The molecule has 0 fully saturated rings. The van der Waals surface area contributed by atoms with Crippen molar-refractivity contribution < 1.29 is 9.53 Å². The molecule has 0 aliphatic heterocycles. The monoisotopic (exact) mass is 281 g/mol. The van der Waals surface area contributed by atoms with Gasteiger partial charge in [-0.15, -0.1) is 0 Å². The number of benzene rings is 1. The summed E-state index contributed by atoms with van der Waals surface area (Å²) in [6, 6.07) is 7.23. The van der Waals surface area contributed by atoms with Gasteiger partial charge in [-0.3, -0.25) is 4.79 Å². The molecular formula is C13H19N3O2S. The number of likely N-dealkylation sites (N-methyl/N-ethyl adjacent to an activating group) is 1. The maximum Gasteiger partial charge on any atom is 0.243 e. The van der Waals surface area contributed by atoms with E-state index in [1.807, 2.05) is 25.1 Å². The van der Waals surface area contributed by atoms with Crippen molar-refractivity contribution in [2.45, 2.75) is 6.92 Å². The van der Waals surface area contributed by atoms with E-state index < -0.39 is 0 Å². The zero-order valence-corrected chi connectivity index (χ0v) is 12.2. The number of rotatable bonds is 5. The summed E-state index contributed by atoms with van der Waals surface area (Å²) in [6.45, 7) is 2.83. The minimum absolute atomic E-state index is 0.118. The van der Waals surface area contributed by atoms with Crippen LogP contribution < -0.4 is 15.4 Å². The number of nitrogens with zero attached hydrogens (tertiary/aromatic N) is 1. The Morgan fingerprint density at radius 3 is 2.79 bits per heavy atom. The number of hydrogen-bond acceptors (Lipinski definition) is 3. The molecule has 1 rings (SSSR count). The van der Waals surface area contributed by atoms with E-state index >= 15 is 0 Å². The maximum absolute atomic E-state index is 11.9. The Morgan fingerprint density at radius 1 is 1.47 bits per heavy atom. The van der Waals surface area contributed by atoms with Gasteiger partial charge in [0.15, 0.2) is 5.11 Å². The van der Waals surface area contributed by atoms with Gasteiger partial charge in [0.2, 0.25) is 5.91 Å². The van der Waals surface area contributed by atoms with E-state index in [0.717, 1.165) is 0 Å². The van der Waals surface area contributed by atoms with Gasteiger partial charge in [-0.1, -0.05) is 6.07 Å². The highest BCUT2D eigenvalue weighted by atomic mass is 32.1. The van der Waals surface area contributed by atoms with Crippen LogP contribution in [0, 0.1) is 0 Å². The SMILES string of the molecule is CCN(CC(=O)Nc1cccc(OC)c1)C(=S)NC. The maximum atomic E-state index is 11.9. The number of ether oxygens (including phenoxy) is 1. The van der Waals surface area contributed by atoms with Crippen LogP contribution in [0.25, 0.3) is 0 Å². The molecule has 0 bridgehead atoms. The predicted octanol–water partition coefficient (Wildman–Crippen LogP) is 1.46. The number of hydrogen-bond donors (Lipinski definition) is 2. The minimum atomic E-state index is -0.118. The van der Waals surface area contributed by atoms with Crippen molar-refractivity contribution in [3.8, 4) is 5.75 Å². The molecule has 0 spiro atoms. The second-order valence-corrected chi connectivity index (χ2v) is 4.24. The summed E-state index contributed by atoms with van der Waals surface area (Å²) in [5, 5.41) is 6.23. The van der Waals surface area contributed by atoms with Crippen molar-refractivity contribution in [1.82, 2.24) is 10.2 Å². The third-order valence-electron chi connectivity index (χ3n) is 2.57. The average Bonchev–Trinajstić information content (AvgIpc) is 2.44. The summed E-state index contributed by atoms with van der Waals surface area (Å²) in [5.41, 5.74) is 0.704. The van der Waals surface area contributed by atoms with Gasteiger partial charge in [0.25, 0.3) is 0 Å². The second kappa shape index (κ2) is 7.58. The fraction of sp³-hybridized carbons (Fsp3) is 0.385. The van der Waals surface area contributed by atoms with Crippen LogP contribution in [0.3, 0.4) is 0 Å². The molecule has 0 unspecified atom stereocenters. The molecule has 0 heterocycles. The number of amides is 1. The van der Waals surface area contributed by atoms with E-state index in [-0.39, 0.29) is 12.5 Å². The molecule has 0 aliphatic carbocycles. The fourth-order valence-electron chi connectivity index (χ4n) is 1.56. The molecule has 104 valence electrons. The van der Waals surface area contributed by atoms with Crippen molar-refractivity contribution in [1.29, 1.82) is 0 Å². The van der Waals surface area contributed by atoms with E-state index in [1.165, 1.54) is 0 Å². The molecule has 5 nitrogen and oxygen atoms in total. The van der Waals surface area contributed by atoms with E-state index in [4.69, 9.17) is 17.0 Å². The third-order valence-corrected chi connectivity index (χ3v) is 3.03. The number of carbonyl (C=O) groups excluding carboxylic acids is 1. The van der Waals surface area contributed by atoms with E-state index in [9.17, 15) is 4.79 Å². The zero-order valence-electron chi connectivity index (χ0n) is 11.4. The minimum Gasteiger partial charge on any atom is -0.497 e. The number of thiocarbonyl (C=S) groups is 1. The Bertz CT molecular complexity index is 451. The fourth-order valence-corrected chi connectivity index (χ4v) is 1.75. The summed E-state index contributed by atoms with van der Waals surface area (Å²) in [5.74, 6) is 0.587. The van der Waals surface area contributed by atoms with Gasteiger partial charge >= 0.3 is 0 Å². The van der Waals surface area contributed by atoms with Gasteiger partial charge in [0, 0.05) is 25.3 Å². The number of anilines is 1. The van der Waals surface area contributed by atoms with Crippen LogP contribution in [0.1, 0.15) is 6.92 Å². The highest BCUT2D eigenvalue weighted by Gasteiger charge is 2.11. The second-order valence-electron chi connectivity index (χ2n) is 3.85. The smallest absolute Gasteiger partial charge is 0.243 e. The molecule has 1 aromatic rings. The van der Waals surface area contributed by atoms with Crippen LogP contribution in [0.15, 0.2) is 24.3 Å². The molecule has 1 aromatic carbocycles. The number of nitrogens with one attached hydrogen (secondary N) is 2. The average molecular weight is 281 g/mol. The molecule has 0 atom stereocenters. The van der Waals surface area contributed by atoms with Gasteiger partial charge in [-0.2, -0.15) is 0 Å². The van der Waals surface area contributed by atoms with Crippen LogP contribution in [0.5, 0.6) is 5.75 Å². The van der Waals surface area contributed by atoms with Crippen LogP contribution >= 0.6 is 12.2 Å². The molecule has 0 saturated heterocycles. The first kappa shape index (κ1) is 15.2. The van der Waals surface area contributed by atoms with E-state index in [0.29, 0.717) is 23.1 Å². The van der Waals surface area contributed by atoms with Gasteiger partial charge in [0.05, 0.1) is 13.7 Å². The lowest BCUT2D eigenvalue weighted by atomic mass is 10.3. The first-order valence-electron chi connectivity index (χ1n) is 6.01. The molecule has 19 heavy (non-hydrogen) atoms. The summed E-state index contributed by atoms with van der Waals surface area (Å²) in [7, 11) is 3.33. The van der Waals surface area contributed by atoms with Crippen molar-refractivity contribution in [3.05, 3.63) is 24.3 Å². The van der Waals surface area contributed by atoms with E-state index in [2.05, 4.69) is 10.6 Å². The lowest BCUT2D eigenvalue weighted by Crippen LogP contribution is -2.42. The Hall–Kier alpha value is -1.82. The summed E-state index contributed by atoms with van der Waals surface area (Å²) >= 11 is 5.11. The lowest BCUT2D eigenvalue weighted by molar-refractivity contribution is -0.116. The molecule has 1 amide bonds. The first-order valence-corrected chi connectivity index (χ1v) is 6.42. The number of methoxy groups -OCH3 is 1. The molecule has 0 aromatic heterocycles. The van der Waals surface area contributed by atoms with Crippen molar-refractivity contribution in [3.63, 3.8) is 0 Å². The highest BCUT2D eigenvalue weighted by Crippen LogP contribution is 2.16. The lowest BCUT2D eigenvalue weighted by Gasteiger charge is -2.22. The molecule has 6 heteroatoms. The predicted molar refractivity (Wildman–Crippen MR) is 80.5 cm³/mol. The normalized spacial score (nSPS) is 9.63. The summed E-state index contributed by atoms with van der Waals surface area (Å²) in [4.78, 5) is 13.7. The van der Waals surface area contributed by atoms with Crippen LogP contribution in [-0.4, -0.2) is 43.2 Å². The quantitative estimate of drug-likeness (QED) is 0.800. The van der Waals surface area contributed by atoms with Crippen molar-refractivity contribution in [2.75, 3.05) is 32.6 Å². The zero-order chi connectivity index (χ0) is 14.3. The molecule has 0 aliphatic rings. The summed E-state index contributed by atoms with van der Waals surface area (Å²) < 4.78 is 5.10.